The van der Waals surface area contributed by atoms with Gasteiger partial charge in [0.05, 0.1) is 0 Å². The molecule has 0 aliphatic heterocycles. The number of aliphatic hydroxyl groups is 1. The van der Waals surface area contributed by atoms with Crippen LogP contribution in [0, 0.1) is 0 Å². The molecule has 2 aromatic rings. The van der Waals surface area contributed by atoms with Crippen molar-refractivity contribution in [3.63, 3.8) is 0 Å². The molecule has 1 N–H and O–H groups in total. The first-order valence-electron chi connectivity index (χ1n) is 5.11. The Balaban J connectivity index is 0. The minimum atomic E-state index is -1.08. The zero-order valence-electron chi connectivity index (χ0n) is 10.0. The number of carbonyl (C=O) groups is 1. The Morgan fingerprint density at radius 2 is 1.26 bits per heavy atom. The minimum absolute atomic E-state index is 0. The van der Waals surface area contributed by atoms with Gasteiger partial charge in [-0.3, -0.25) is 4.79 Å². The molecular weight excluding hydrogens is 280 g/mol. The van der Waals surface area contributed by atoms with E-state index in [0.717, 1.165) is 0 Å². The van der Waals surface area contributed by atoms with Crippen molar-refractivity contribution in [1.29, 1.82) is 0 Å². The van der Waals surface area contributed by atoms with E-state index in [1.54, 1.807) is 48.5 Å². The molecule has 2 aromatic carbocycles. The fourth-order valence-corrected chi connectivity index (χ4v) is 1.55. The molecule has 0 fully saturated rings. The van der Waals surface area contributed by atoms with Gasteiger partial charge >= 0.3 is 21.7 Å². The topological polar surface area (TPSA) is 94.3 Å². The van der Waals surface area contributed by atoms with Crippen molar-refractivity contribution < 1.29 is 42.6 Å². The zero-order chi connectivity index (χ0) is 11.4. The quantitative estimate of drug-likeness (QED) is 0.694. The molecule has 2 rings (SSSR count). The summed E-state index contributed by atoms with van der Waals surface area (Å²) in [5.41, 5.74) is 1.15. The van der Waals surface area contributed by atoms with Gasteiger partial charge in [-0.25, -0.2) is 0 Å². The second kappa shape index (κ2) is 9.61. The third kappa shape index (κ3) is 5.06. The summed E-state index contributed by atoms with van der Waals surface area (Å²) in [5, 5.41) is 9.89. The van der Waals surface area contributed by atoms with Crippen LogP contribution in [0.1, 0.15) is 22.0 Å². The van der Waals surface area contributed by atoms with Gasteiger partial charge in [-0.15, -0.1) is 0 Å². The fourth-order valence-electron chi connectivity index (χ4n) is 1.55. The van der Waals surface area contributed by atoms with Crippen molar-refractivity contribution in [1.82, 2.24) is 0 Å². The van der Waals surface area contributed by atoms with Crippen molar-refractivity contribution in [2.45, 2.75) is 6.10 Å². The van der Waals surface area contributed by atoms with Gasteiger partial charge < -0.3 is 16.1 Å². The molecule has 0 aromatic heterocycles. The Bertz CT molecular complexity index is 473. The minimum Gasteiger partial charge on any atom is -2.00 e. The van der Waals surface area contributed by atoms with Crippen LogP contribution >= 0.6 is 0 Å². The predicted molar refractivity (Wildman–Crippen MR) is 63.5 cm³/mol. The molecule has 0 spiro atoms. The second-order valence-corrected chi connectivity index (χ2v) is 3.54. The van der Waals surface area contributed by atoms with Crippen LogP contribution in [0.3, 0.4) is 0 Å². The number of hydrogen-bond donors (Lipinski definition) is 1. The van der Waals surface area contributed by atoms with Crippen molar-refractivity contribution in [2.24, 2.45) is 0 Å². The molecule has 96 valence electrons. The van der Waals surface area contributed by atoms with Gasteiger partial charge in [-0.2, -0.15) is 0 Å². The number of ketones is 1. The van der Waals surface area contributed by atoms with E-state index >= 15 is 0 Å². The molecule has 1 atom stereocenters. The first kappa shape index (κ1) is 20.0. The summed E-state index contributed by atoms with van der Waals surface area (Å²) in [4.78, 5) is 11.9. The number of benzene rings is 2. The Morgan fingerprint density at radius 3 is 1.74 bits per heavy atom. The van der Waals surface area contributed by atoms with Gasteiger partial charge in [0, 0.05) is 5.56 Å². The first-order chi connectivity index (χ1) is 7.79. The number of aliphatic hydroxyl groups excluding tert-OH is 1. The average Bonchev–Trinajstić information content (AvgIpc) is 2.39. The van der Waals surface area contributed by atoms with Crippen molar-refractivity contribution in [3.05, 3.63) is 71.8 Å². The summed E-state index contributed by atoms with van der Waals surface area (Å²) in [6.45, 7) is 0. The summed E-state index contributed by atoms with van der Waals surface area (Å²) in [6, 6.07) is 17.7. The number of hydrogen-bond acceptors (Lipinski definition) is 2. The van der Waals surface area contributed by atoms with Crippen LogP contribution in [0.25, 0.3) is 0 Å². The Morgan fingerprint density at radius 1 is 0.842 bits per heavy atom. The maximum atomic E-state index is 11.9. The summed E-state index contributed by atoms with van der Waals surface area (Å²) in [6.07, 6.45) is -1.08. The van der Waals surface area contributed by atoms with Crippen LogP contribution in [-0.4, -0.2) is 10.9 Å². The van der Waals surface area contributed by atoms with Crippen LogP contribution < -0.4 is 0 Å². The molecule has 0 radical (unpaired) electrons. The third-order valence-corrected chi connectivity index (χ3v) is 2.42. The van der Waals surface area contributed by atoms with Gasteiger partial charge in [-0.05, 0) is 5.56 Å². The van der Waals surface area contributed by atoms with Crippen LogP contribution in [0.15, 0.2) is 60.7 Å². The van der Waals surface area contributed by atoms with E-state index < -0.39 is 6.10 Å². The summed E-state index contributed by atoms with van der Waals surface area (Å²) >= 11 is 0. The molecule has 5 heteroatoms. The standard InChI is InChI=1S/C14H12O2.2O.Ti/c15-13(11-7-3-1-4-8-11)14(16)12-9-5-2-6-10-12;;;/h1-10,13,15H;;;/q;2*-2;+4. The molecule has 0 heterocycles. The number of carbonyl (C=O) groups excluding carboxylic acids is 1. The summed E-state index contributed by atoms with van der Waals surface area (Å²) < 4.78 is 0. The molecule has 0 bridgehead atoms. The van der Waals surface area contributed by atoms with Crippen LogP contribution in [-0.2, 0) is 32.7 Å². The molecule has 0 amide bonds. The summed E-state index contributed by atoms with van der Waals surface area (Å²) in [7, 11) is 0. The van der Waals surface area contributed by atoms with Crippen LogP contribution in [0.4, 0.5) is 0 Å². The average molecular weight is 292 g/mol. The SMILES string of the molecule is O=C(c1ccccc1)C(O)c1ccccc1.[O-2].[O-2].[Ti+4]. The van der Waals surface area contributed by atoms with Crippen LogP contribution in [0.5, 0.6) is 0 Å². The normalized spacial score (nSPS) is 10.2. The van der Waals surface area contributed by atoms with Crippen molar-refractivity contribution in [3.8, 4) is 0 Å². The molecule has 1 unspecified atom stereocenters. The zero-order valence-corrected chi connectivity index (χ0v) is 11.6. The van der Waals surface area contributed by atoms with Crippen molar-refractivity contribution >= 4 is 5.78 Å². The molecule has 0 aliphatic rings. The summed E-state index contributed by atoms with van der Waals surface area (Å²) in [5.74, 6) is -0.271. The number of rotatable bonds is 3. The van der Waals surface area contributed by atoms with Gasteiger partial charge in [-0.1, -0.05) is 60.7 Å². The smallest absolute Gasteiger partial charge is 2.00 e. The van der Waals surface area contributed by atoms with E-state index in [1.807, 2.05) is 12.1 Å². The van der Waals surface area contributed by atoms with E-state index in [-0.39, 0.29) is 38.5 Å². The monoisotopic (exact) mass is 292 g/mol. The maximum absolute atomic E-state index is 11.9. The molecule has 4 nitrogen and oxygen atoms in total. The Labute approximate surface area is 126 Å². The molecular formula is C14H12O4Ti. The number of Topliss-reactive ketones (excluding diaryl/α,β-unsaturated/α-hetero) is 1. The van der Waals surface area contributed by atoms with Crippen molar-refractivity contribution in [2.75, 3.05) is 0 Å². The Hall–Kier alpha value is -1.30. The van der Waals surface area contributed by atoms with Gasteiger partial charge in [0.25, 0.3) is 0 Å². The molecule has 0 saturated heterocycles. The van der Waals surface area contributed by atoms with Crippen LogP contribution in [0.2, 0.25) is 0 Å². The van der Waals surface area contributed by atoms with E-state index in [0.29, 0.717) is 11.1 Å². The molecule has 0 saturated carbocycles. The second-order valence-electron chi connectivity index (χ2n) is 3.54. The maximum Gasteiger partial charge on any atom is 4.00 e. The van der Waals surface area contributed by atoms with Gasteiger partial charge in [0.1, 0.15) is 6.10 Å². The third-order valence-electron chi connectivity index (χ3n) is 2.42. The molecule has 0 aliphatic carbocycles. The largest absolute Gasteiger partial charge is 4.00 e. The Kier molecular flexibility index (Phi) is 10.1. The van der Waals surface area contributed by atoms with E-state index in [9.17, 15) is 9.90 Å². The van der Waals surface area contributed by atoms with E-state index in [4.69, 9.17) is 0 Å². The first-order valence-corrected chi connectivity index (χ1v) is 5.11. The van der Waals surface area contributed by atoms with E-state index in [1.165, 1.54) is 0 Å². The fraction of sp³-hybridized carbons (Fsp3) is 0.0714. The molecule has 19 heavy (non-hydrogen) atoms. The van der Waals surface area contributed by atoms with E-state index in [2.05, 4.69) is 0 Å². The van der Waals surface area contributed by atoms with Gasteiger partial charge in [0.15, 0.2) is 5.78 Å². The van der Waals surface area contributed by atoms with Gasteiger partial charge in [0.2, 0.25) is 0 Å². The predicted octanol–water partition coefficient (Wildman–Crippen LogP) is 2.36.